The van der Waals surface area contributed by atoms with E-state index in [-0.39, 0.29) is 6.04 Å². The predicted molar refractivity (Wildman–Crippen MR) is 76.2 cm³/mol. The van der Waals surface area contributed by atoms with Crippen LogP contribution < -0.4 is 5.73 Å². The largest absolute Gasteiger partial charge is 0.378 e. The van der Waals surface area contributed by atoms with E-state index >= 15 is 0 Å². The Kier molecular flexibility index (Phi) is 5.31. The van der Waals surface area contributed by atoms with Gasteiger partial charge in [0.25, 0.3) is 0 Å². The molecule has 100 valence electrons. The van der Waals surface area contributed by atoms with Gasteiger partial charge < -0.3 is 10.5 Å². The highest BCUT2D eigenvalue weighted by Crippen LogP contribution is 2.31. The number of ether oxygens (including phenoxy) is 1. The van der Waals surface area contributed by atoms with Crippen LogP contribution in [0, 0.1) is 0 Å². The normalized spacial score (nSPS) is 21.2. The highest BCUT2D eigenvalue weighted by molar-refractivity contribution is 6.36. The molecule has 2 unspecified atom stereocenters. The molecule has 1 aromatic rings. The number of halogens is 2. The monoisotopic (exact) mass is 287 g/mol. The molecule has 1 fully saturated rings. The van der Waals surface area contributed by atoms with E-state index < -0.39 is 0 Å². The fourth-order valence-electron chi connectivity index (χ4n) is 2.45. The molecule has 2 rings (SSSR count). The number of benzene rings is 1. The van der Waals surface area contributed by atoms with Crippen LogP contribution >= 0.6 is 23.2 Å². The first-order valence-electron chi connectivity index (χ1n) is 6.49. The van der Waals surface area contributed by atoms with Crippen LogP contribution in [0.4, 0.5) is 0 Å². The lowest BCUT2D eigenvalue weighted by Gasteiger charge is -2.16. The fourth-order valence-corrected chi connectivity index (χ4v) is 3.12. The van der Waals surface area contributed by atoms with Crippen molar-refractivity contribution in [1.29, 1.82) is 0 Å². The Balaban J connectivity index is 1.85. The van der Waals surface area contributed by atoms with Crippen molar-refractivity contribution in [2.24, 2.45) is 5.73 Å². The fraction of sp³-hybridized carbons (Fsp3) is 0.571. The van der Waals surface area contributed by atoms with E-state index in [0.717, 1.165) is 31.4 Å². The molecule has 0 saturated carbocycles. The van der Waals surface area contributed by atoms with E-state index in [1.54, 1.807) is 0 Å². The SMILES string of the molecule is NC(CCCC1CCCO1)c1c(Cl)cccc1Cl. The molecule has 0 aliphatic carbocycles. The van der Waals surface area contributed by atoms with Crippen LogP contribution in [-0.4, -0.2) is 12.7 Å². The summed E-state index contributed by atoms with van der Waals surface area (Å²) in [7, 11) is 0. The molecule has 1 saturated heterocycles. The van der Waals surface area contributed by atoms with Crippen LogP contribution in [0.5, 0.6) is 0 Å². The highest BCUT2D eigenvalue weighted by Gasteiger charge is 2.17. The van der Waals surface area contributed by atoms with Crippen molar-refractivity contribution in [1.82, 2.24) is 0 Å². The van der Waals surface area contributed by atoms with Crippen molar-refractivity contribution in [3.8, 4) is 0 Å². The Bertz CT molecular complexity index is 371. The average molecular weight is 288 g/mol. The Hall–Kier alpha value is -0.280. The third-order valence-corrected chi connectivity index (χ3v) is 4.09. The van der Waals surface area contributed by atoms with Gasteiger partial charge in [0.2, 0.25) is 0 Å². The average Bonchev–Trinajstić information content (AvgIpc) is 2.82. The zero-order valence-electron chi connectivity index (χ0n) is 10.4. The quantitative estimate of drug-likeness (QED) is 0.874. The molecule has 0 bridgehead atoms. The van der Waals surface area contributed by atoms with Crippen LogP contribution in [0.2, 0.25) is 10.0 Å². The van der Waals surface area contributed by atoms with Gasteiger partial charge in [-0.25, -0.2) is 0 Å². The second kappa shape index (κ2) is 6.76. The Morgan fingerprint density at radius 3 is 2.67 bits per heavy atom. The number of hydrogen-bond acceptors (Lipinski definition) is 2. The molecular formula is C14H19Cl2NO. The summed E-state index contributed by atoms with van der Waals surface area (Å²) in [5, 5.41) is 1.32. The Morgan fingerprint density at radius 2 is 2.06 bits per heavy atom. The molecule has 0 spiro atoms. The van der Waals surface area contributed by atoms with E-state index in [9.17, 15) is 0 Å². The van der Waals surface area contributed by atoms with E-state index in [1.807, 2.05) is 18.2 Å². The van der Waals surface area contributed by atoms with Crippen molar-refractivity contribution in [3.05, 3.63) is 33.8 Å². The lowest BCUT2D eigenvalue weighted by molar-refractivity contribution is 0.101. The predicted octanol–water partition coefficient (Wildman–Crippen LogP) is 4.34. The zero-order valence-corrected chi connectivity index (χ0v) is 11.9. The van der Waals surface area contributed by atoms with E-state index in [2.05, 4.69) is 0 Å². The summed E-state index contributed by atoms with van der Waals surface area (Å²) in [5.74, 6) is 0. The summed E-state index contributed by atoms with van der Waals surface area (Å²) in [6, 6.07) is 5.42. The Morgan fingerprint density at radius 1 is 1.33 bits per heavy atom. The molecule has 0 amide bonds. The van der Waals surface area contributed by atoms with Gasteiger partial charge in [0.05, 0.1) is 6.10 Å². The van der Waals surface area contributed by atoms with Gasteiger partial charge in [-0.05, 0) is 44.2 Å². The molecule has 2 N–H and O–H groups in total. The second-order valence-corrected chi connectivity index (χ2v) is 5.62. The van der Waals surface area contributed by atoms with Gasteiger partial charge in [-0.15, -0.1) is 0 Å². The van der Waals surface area contributed by atoms with Crippen LogP contribution in [0.1, 0.15) is 43.7 Å². The molecule has 2 atom stereocenters. The first kappa shape index (κ1) is 14.1. The van der Waals surface area contributed by atoms with Crippen LogP contribution in [-0.2, 0) is 4.74 Å². The summed E-state index contributed by atoms with van der Waals surface area (Å²) in [5.41, 5.74) is 7.04. The van der Waals surface area contributed by atoms with Crippen LogP contribution in [0.15, 0.2) is 18.2 Å². The topological polar surface area (TPSA) is 35.2 Å². The zero-order chi connectivity index (χ0) is 13.0. The molecule has 4 heteroatoms. The number of hydrogen-bond donors (Lipinski definition) is 1. The Labute approximate surface area is 118 Å². The lowest BCUT2D eigenvalue weighted by atomic mass is 10.00. The van der Waals surface area contributed by atoms with Gasteiger partial charge in [0.15, 0.2) is 0 Å². The highest BCUT2D eigenvalue weighted by atomic mass is 35.5. The minimum absolute atomic E-state index is 0.0902. The maximum Gasteiger partial charge on any atom is 0.0576 e. The minimum atomic E-state index is -0.0902. The number of rotatable bonds is 5. The molecular weight excluding hydrogens is 269 g/mol. The molecule has 18 heavy (non-hydrogen) atoms. The maximum atomic E-state index is 6.17. The summed E-state index contributed by atoms with van der Waals surface area (Å²) in [4.78, 5) is 0. The second-order valence-electron chi connectivity index (χ2n) is 4.81. The van der Waals surface area contributed by atoms with Crippen LogP contribution in [0.25, 0.3) is 0 Å². The van der Waals surface area contributed by atoms with Gasteiger partial charge in [0, 0.05) is 28.3 Å². The van der Waals surface area contributed by atoms with Crippen molar-refractivity contribution < 1.29 is 4.74 Å². The van der Waals surface area contributed by atoms with Gasteiger partial charge in [-0.2, -0.15) is 0 Å². The van der Waals surface area contributed by atoms with E-state index in [1.165, 1.54) is 12.8 Å². The van der Waals surface area contributed by atoms with Gasteiger partial charge >= 0.3 is 0 Å². The summed E-state index contributed by atoms with van der Waals surface area (Å²) < 4.78 is 5.59. The lowest BCUT2D eigenvalue weighted by Crippen LogP contribution is -2.13. The third-order valence-electron chi connectivity index (χ3n) is 3.44. The summed E-state index contributed by atoms with van der Waals surface area (Å²) in [6.45, 7) is 0.910. The molecule has 1 aliphatic heterocycles. The molecule has 0 radical (unpaired) electrons. The molecule has 1 heterocycles. The molecule has 1 aromatic carbocycles. The van der Waals surface area contributed by atoms with Crippen molar-refractivity contribution >= 4 is 23.2 Å². The van der Waals surface area contributed by atoms with Gasteiger partial charge in [-0.1, -0.05) is 29.3 Å². The first-order chi connectivity index (χ1) is 8.68. The molecule has 0 aromatic heterocycles. The molecule has 1 aliphatic rings. The first-order valence-corrected chi connectivity index (χ1v) is 7.25. The third kappa shape index (κ3) is 3.61. The maximum absolute atomic E-state index is 6.17. The van der Waals surface area contributed by atoms with Crippen molar-refractivity contribution in [2.75, 3.05) is 6.61 Å². The van der Waals surface area contributed by atoms with Crippen LogP contribution in [0.3, 0.4) is 0 Å². The van der Waals surface area contributed by atoms with Gasteiger partial charge in [-0.3, -0.25) is 0 Å². The van der Waals surface area contributed by atoms with Gasteiger partial charge in [0.1, 0.15) is 0 Å². The summed E-state index contributed by atoms with van der Waals surface area (Å²) >= 11 is 12.3. The van der Waals surface area contributed by atoms with E-state index in [0.29, 0.717) is 16.1 Å². The van der Waals surface area contributed by atoms with Crippen molar-refractivity contribution in [2.45, 2.75) is 44.2 Å². The standard InChI is InChI=1S/C14H19Cl2NO/c15-11-6-2-7-12(16)14(11)13(17)8-1-4-10-5-3-9-18-10/h2,6-7,10,13H,1,3-5,8-9,17H2. The minimum Gasteiger partial charge on any atom is -0.378 e. The smallest absolute Gasteiger partial charge is 0.0576 e. The summed E-state index contributed by atoms with van der Waals surface area (Å²) in [6.07, 6.45) is 5.82. The van der Waals surface area contributed by atoms with Crippen molar-refractivity contribution in [3.63, 3.8) is 0 Å². The molecule has 2 nitrogen and oxygen atoms in total. The number of nitrogens with two attached hydrogens (primary N) is 1. The van der Waals surface area contributed by atoms with E-state index in [4.69, 9.17) is 33.7 Å².